The topological polar surface area (TPSA) is 94.6 Å². The summed E-state index contributed by atoms with van der Waals surface area (Å²) in [5, 5.41) is 13.9. The number of carbonyl (C=O) groups excluding carboxylic acids is 1. The third-order valence-corrected chi connectivity index (χ3v) is 3.92. The van der Waals surface area contributed by atoms with Gasteiger partial charge in [0.05, 0.1) is 27.0 Å². The molecule has 8 heteroatoms. The highest BCUT2D eigenvalue weighted by atomic mass is 16.5. The van der Waals surface area contributed by atoms with E-state index < -0.39 is 0 Å². The van der Waals surface area contributed by atoms with E-state index in [-0.39, 0.29) is 11.6 Å². The maximum atomic E-state index is 12.3. The Bertz CT molecular complexity index is 943. The second-order valence-electron chi connectivity index (χ2n) is 5.68. The largest absolute Gasteiger partial charge is 0.497 e. The van der Waals surface area contributed by atoms with E-state index in [0.717, 1.165) is 0 Å². The van der Waals surface area contributed by atoms with E-state index in [9.17, 15) is 4.79 Å². The van der Waals surface area contributed by atoms with Crippen LogP contribution >= 0.6 is 0 Å². The van der Waals surface area contributed by atoms with Crippen molar-refractivity contribution in [2.24, 2.45) is 0 Å². The van der Waals surface area contributed by atoms with Gasteiger partial charge in [-0.1, -0.05) is 0 Å². The Labute approximate surface area is 162 Å². The van der Waals surface area contributed by atoms with Crippen molar-refractivity contribution in [1.82, 2.24) is 10.2 Å². The van der Waals surface area contributed by atoms with E-state index in [2.05, 4.69) is 20.8 Å². The summed E-state index contributed by atoms with van der Waals surface area (Å²) in [6.07, 6.45) is 0. The summed E-state index contributed by atoms with van der Waals surface area (Å²) in [5.74, 6) is 2.11. The Balaban J connectivity index is 1.68. The highest BCUT2D eigenvalue weighted by Gasteiger charge is 2.10. The molecule has 0 aliphatic heterocycles. The van der Waals surface area contributed by atoms with E-state index in [1.54, 1.807) is 69.9 Å². The average Bonchev–Trinajstić information content (AvgIpc) is 2.75. The van der Waals surface area contributed by atoms with Crippen LogP contribution in [0.2, 0.25) is 0 Å². The number of nitrogens with zero attached hydrogens (tertiary/aromatic N) is 2. The third-order valence-electron chi connectivity index (χ3n) is 3.92. The molecule has 1 aromatic heterocycles. The number of anilines is 3. The molecule has 3 aromatic rings. The highest BCUT2D eigenvalue weighted by Crippen LogP contribution is 2.30. The number of hydrogen-bond acceptors (Lipinski definition) is 7. The van der Waals surface area contributed by atoms with Crippen LogP contribution in [0.3, 0.4) is 0 Å². The van der Waals surface area contributed by atoms with Gasteiger partial charge in [0.1, 0.15) is 17.2 Å². The molecule has 2 aromatic carbocycles. The van der Waals surface area contributed by atoms with E-state index in [1.807, 2.05) is 6.07 Å². The summed E-state index contributed by atoms with van der Waals surface area (Å²) in [6.45, 7) is 0. The molecule has 1 amide bonds. The normalized spacial score (nSPS) is 10.1. The molecule has 0 fully saturated rings. The molecule has 0 unspecified atom stereocenters. The summed E-state index contributed by atoms with van der Waals surface area (Å²) in [7, 11) is 4.74. The van der Waals surface area contributed by atoms with E-state index in [1.165, 1.54) is 0 Å². The summed E-state index contributed by atoms with van der Waals surface area (Å²) in [5.41, 5.74) is 1.54. The van der Waals surface area contributed by atoms with Crippen LogP contribution in [0.4, 0.5) is 17.2 Å². The Hall–Kier alpha value is -3.81. The van der Waals surface area contributed by atoms with Crippen molar-refractivity contribution in [2.45, 2.75) is 0 Å². The molecule has 0 aliphatic rings. The van der Waals surface area contributed by atoms with Gasteiger partial charge in [-0.25, -0.2) is 0 Å². The predicted octanol–water partition coefficient (Wildman–Crippen LogP) is 3.50. The molecule has 144 valence electrons. The van der Waals surface area contributed by atoms with Gasteiger partial charge < -0.3 is 24.8 Å². The fourth-order valence-corrected chi connectivity index (χ4v) is 2.43. The molecule has 0 saturated heterocycles. The fraction of sp³-hybridized carbons (Fsp3) is 0.150. The van der Waals surface area contributed by atoms with Crippen molar-refractivity contribution in [3.05, 3.63) is 60.3 Å². The zero-order valence-corrected chi connectivity index (χ0v) is 15.7. The maximum absolute atomic E-state index is 12.3. The fourth-order valence-electron chi connectivity index (χ4n) is 2.43. The zero-order valence-electron chi connectivity index (χ0n) is 15.7. The van der Waals surface area contributed by atoms with Crippen molar-refractivity contribution in [2.75, 3.05) is 32.0 Å². The zero-order chi connectivity index (χ0) is 19.9. The first-order valence-electron chi connectivity index (χ1n) is 8.41. The lowest BCUT2D eigenvalue weighted by Crippen LogP contribution is -2.14. The minimum Gasteiger partial charge on any atom is -0.497 e. The molecule has 3 rings (SSSR count). The van der Waals surface area contributed by atoms with Crippen LogP contribution in [0.25, 0.3) is 0 Å². The first-order chi connectivity index (χ1) is 13.6. The van der Waals surface area contributed by atoms with Crippen molar-refractivity contribution in [3.8, 4) is 17.2 Å². The monoisotopic (exact) mass is 380 g/mol. The number of amides is 1. The standard InChI is InChI=1S/C20H20N4O4/c1-26-14-6-4-13(5-7-14)21-20(25)17-10-11-19(24-23-17)22-16-9-8-15(27-2)12-18(16)28-3/h4-12H,1-3H3,(H,21,25)(H,22,24). The minimum atomic E-state index is -0.355. The van der Waals surface area contributed by atoms with Crippen LogP contribution in [0.1, 0.15) is 10.5 Å². The number of hydrogen-bond donors (Lipinski definition) is 2. The number of nitrogens with one attached hydrogen (secondary N) is 2. The number of aromatic nitrogens is 2. The smallest absolute Gasteiger partial charge is 0.276 e. The summed E-state index contributed by atoms with van der Waals surface area (Å²) in [4.78, 5) is 12.3. The van der Waals surface area contributed by atoms with Gasteiger partial charge in [0.15, 0.2) is 11.5 Å². The van der Waals surface area contributed by atoms with E-state index in [0.29, 0.717) is 34.4 Å². The SMILES string of the molecule is COc1ccc(NC(=O)c2ccc(Nc3ccc(OC)cc3OC)nn2)cc1. The van der Waals surface area contributed by atoms with Gasteiger partial charge >= 0.3 is 0 Å². The van der Waals surface area contributed by atoms with Gasteiger partial charge in [0.25, 0.3) is 5.91 Å². The molecule has 0 spiro atoms. The van der Waals surface area contributed by atoms with Crippen molar-refractivity contribution < 1.29 is 19.0 Å². The van der Waals surface area contributed by atoms with Crippen molar-refractivity contribution in [3.63, 3.8) is 0 Å². The van der Waals surface area contributed by atoms with Crippen molar-refractivity contribution >= 4 is 23.1 Å². The number of methoxy groups -OCH3 is 3. The summed E-state index contributed by atoms with van der Waals surface area (Å²) < 4.78 is 15.6. The highest BCUT2D eigenvalue weighted by molar-refractivity contribution is 6.02. The second-order valence-corrected chi connectivity index (χ2v) is 5.68. The molecule has 2 N–H and O–H groups in total. The van der Waals surface area contributed by atoms with E-state index in [4.69, 9.17) is 14.2 Å². The molecule has 0 atom stereocenters. The molecule has 28 heavy (non-hydrogen) atoms. The van der Waals surface area contributed by atoms with Gasteiger partial charge in [0.2, 0.25) is 0 Å². The van der Waals surface area contributed by atoms with Gasteiger partial charge in [-0.05, 0) is 48.5 Å². The summed E-state index contributed by atoms with van der Waals surface area (Å²) in [6, 6.07) is 15.6. The second kappa shape index (κ2) is 8.72. The van der Waals surface area contributed by atoms with Crippen LogP contribution in [-0.4, -0.2) is 37.4 Å². The number of ether oxygens (including phenoxy) is 3. The summed E-state index contributed by atoms with van der Waals surface area (Å²) >= 11 is 0. The number of benzene rings is 2. The van der Waals surface area contributed by atoms with Gasteiger partial charge in [-0.2, -0.15) is 0 Å². The molecule has 8 nitrogen and oxygen atoms in total. The Kier molecular flexibility index (Phi) is 5.91. The Morgan fingerprint density at radius 3 is 2.14 bits per heavy atom. The molecule has 1 heterocycles. The Morgan fingerprint density at radius 2 is 1.54 bits per heavy atom. The molecular weight excluding hydrogens is 360 g/mol. The maximum Gasteiger partial charge on any atom is 0.276 e. The van der Waals surface area contributed by atoms with Gasteiger partial charge in [-0.15, -0.1) is 10.2 Å². The van der Waals surface area contributed by atoms with Crippen LogP contribution in [-0.2, 0) is 0 Å². The Morgan fingerprint density at radius 1 is 0.821 bits per heavy atom. The first-order valence-corrected chi connectivity index (χ1v) is 8.41. The number of carbonyl (C=O) groups is 1. The van der Waals surface area contributed by atoms with Gasteiger partial charge in [0, 0.05) is 11.8 Å². The lowest BCUT2D eigenvalue weighted by molar-refractivity contribution is 0.102. The number of rotatable bonds is 7. The molecule has 0 aliphatic carbocycles. The van der Waals surface area contributed by atoms with Crippen molar-refractivity contribution in [1.29, 1.82) is 0 Å². The predicted molar refractivity (Wildman–Crippen MR) is 106 cm³/mol. The molecular formula is C20H20N4O4. The lowest BCUT2D eigenvalue weighted by Gasteiger charge is -2.12. The average molecular weight is 380 g/mol. The van der Waals surface area contributed by atoms with E-state index >= 15 is 0 Å². The quantitative estimate of drug-likeness (QED) is 0.648. The molecule has 0 radical (unpaired) electrons. The third kappa shape index (κ3) is 4.47. The molecule has 0 bridgehead atoms. The van der Waals surface area contributed by atoms with Crippen LogP contribution in [0.5, 0.6) is 17.2 Å². The first kappa shape index (κ1) is 19.0. The van der Waals surface area contributed by atoms with Crippen LogP contribution in [0.15, 0.2) is 54.6 Å². The molecule has 0 saturated carbocycles. The van der Waals surface area contributed by atoms with Crippen LogP contribution in [0, 0.1) is 0 Å². The van der Waals surface area contributed by atoms with Gasteiger partial charge in [-0.3, -0.25) is 4.79 Å². The van der Waals surface area contributed by atoms with Crippen LogP contribution < -0.4 is 24.8 Å². The lowest BCUT2D eigenvalue weighted by atomic mass is 10.2. The minimum absolute atomic E-state index is 0.197.